The Hall–Kier alpha value is -1.78. The molecule has 0 unspecified atom stereocenters. The predicted molar refractivity (Wildman–Crippen MR) is 92.0 cm³/mol. The second-order valence-electron chi connectivity index (χ2n) is 5.86. The summed E-state index contributed by atoms with van der Waals surface area (Å²) in [7, 11) is 0. The van der Waals surface area contributed by atoms with E-state index >= 15 is 0 Å². The molecule has 0 fully saturated rings. The Labute approximate surface area is 139 Å². The van der Waals surface area contributed by atoms with Gasteiger partial charge in [-0.2, -0.15) is 0 Å². The number of aromatic nitrogens is 1. The summed E-state index contributed by atoms with van der Waals surface area (Å²) in [5.41, 5.74) is 1.45. The zero-order valence-corrected chi connectivity index (χ0v) is 14.1. The molecule has 2 N–H and O–H groups in total. The van der Waals surface area contributed by atoms with E-state index in [1.165, 1.54) is 0 Å². The third-order valence-electron chi connectivity index (χ3n) is 2.72. The molecule has 0 saturated carbocycles. The highest BCUT2D eigenvalue weighted by molar-refractivity contribution is 6.39. The Kier molecular flexibility index (Phi) is 4.94. The molecule has 4 nitrogen and oxygen atoms in total. The fraction of sp³-hybridized carbons (Fsp3) is 0.250. The van der Waals surface area contributed by atoms with Crippen LogP contribution in [0.1, 0.15) is 31.3 Å². The maximum absolute atomic E-state index is 12.2. The van der Waals surface area contributed by atoms with Crippen molar-refractivity contribution in [3.63, 3.8) is 0 Å². The fourth-order valence-electron chi connectivity index (χ4n) is 1.83. The molecule has 2 rings (SSSR count). The standard InChI is InChI=1S/C16H17Cl2N3O/c1-16(2,3)21-10-7-8-13(19-9-10)15(22)20-14-11(17)5-4-6-12(14)18/h4-9,21H,1-3H3,(H,20,22). The number of nitrogens with one attached hydrogen (secondary N) is 2. The van der Waals surface area contributed by atoms with E-state index in [4.69, 9.17) is 23.2 Å². The van der Waals surface area contributed by atoms with Crippen molar-refractivity contribution in [2.75, 3.05) is 10.6 Å². The number of benzene rings is 1. The van der Waals surface area contributed by atoms with Crippen molar-refractivity contribution in [3.8, 4) is 0 Å². The first kappa shape index (κ1) is 16.6. The largest absolute Gasteiger partial charge is 0.379 e. The van der Waals surface area contributed by atoms with Gasteiger partial charge in [-0.1, -0.05) is 29.3 Å². The summed E-state index contributed by atoms with van der Waals surface area (Å²) < 4.78 is 0. The number of halogens is 2. The van der Waals surface area contributed by atoms with Gasteiger partial charge in [0, 0.05) is 5.54 Å². The second-order valence-corrected chi connectivity index (χ2v) is 6.67. The lowest BCUT2D eigenvalue weighted by atomic mass is 10.1. The first-order chi connectivity index (χ1) is 10.3. The van der Waals surface area contributed by atoms with E-state index in [-0.39, 0.29) is 17.1 Å². The SMILES string of the molecule is CC(C)(C)Nc1ccc(C(=O)Nc2c(Cl)cccc2Cl)nc1. The molecule has 0 spiro atoms. The number of anilines is 2. The van der Waals surface area contributed by atoms with Gasteiger partial charge in [0.25, 0.3) is 5.91 Å². The Morgan fingerprint density at radius 2 is 1.73 bits per heavy atom. The smallest absolute Gasteiger partial charge is 0.274 e. The summed E-state index contributed by atoms with van der Waals surface area (Å²) in [5, 5.41) is 6.72. The predicted octanol–water partition coefficient (Wildman–Crippen LogP) is 4.85. The summed E-state index contributed by atoms with van der Waals surface area (Å²) >= 11 is 12.1. The van der Waals surface area contributed by atoms with Crippen molar-refractivity contribution in [2.24, 2.45) is 0 Å². The number of para-hydroxylation sites is 1. The minimum atomic E-state index is -0.364. The van der Waals surface area contributed by atoms with Crippen LogP contribution in [-0.2, 0) is 0 Å². The van der Waals surface area contributed by atoms with Gasteiger partial charge in [0.05, 0.1) is 27.6 Å². The molecular weight excluding hydrogens is 321 g/mol. The Balaban J connectivity index is 2.13. The van der Waals surface area contributed by atoms with Crippen LogP contribution in [0.2, 0.25) is 10.0 Å². The molecule has 1 amide bonds. The molecule has 0 aliphatic rings. The normalized spacial score (nSPS) is 11.1. The second kappa shape index (κ2) is 6.55. The van der Waals surface area contributed by atoms with Crippen molar-refractivity contribution in [3.05, 3.63) is 52.3 Å². The Morgan fingerprint density at radius 1 is 1.09 bits per heavy atom. The van der Waals surface area contributed by atoms with Crippen molar-refractivity contribution in [1.29, 1.82) is 0 Å². The summed E-state index contributed by atoms with van der Waals surface area (Å²) in [4.78, 5) is 16.4. The van der Waals surface area contributed by atoms with Gasteiger partial charge in [-0.3, -0.25) is 4.79 Å². The quantitative estimate of drug-likeness (QED) is 0.841. The molecule has 2 aromatic rings. The molecule has 116 valence electrons. The molecule has 0 bridgehead atoms. The molecule has 0 atom stereocenters. The number of hydrogen-bond donors (Lipinski definition) is 2. The van der Waals surface area contributed by atoms with Gasteiger partial charge in [0.1, 0.15) is 5.69 Å². The van der Waals surface area contributed by atoms with Crippen LogP contribution in [-0.4, -0.2) is 16.4 Å². The third kappa shape index (κ3) is 4.36. The zero-order chi connectivity index (χ0) is 16.3. The molecule has 0 aliphatic carbocycles. The number of carbonyl (C=O) groups excluding carboxylic acids is 1. The molecular formula is C16H17Cl2N3O. The average molecular weight is 338 g/mol. The van der Waals surface area contributed by atoms with Gasteiger partial charge >= 0.3 is 0 Å². The number of hydrogen-bond acceptors (Lipinski definition) is 3. The molecule has 1 heterocycles. The van der Waals surface area contributed by atoms with Crippen LogP contribution < -0.4 is 10.6 Å². The fourth-order valence-corrected chi connectivity index (χ4v) is 2.32. The molecule has 0 saturated heterocycles. The summed E-state index contributed by atoms with van der Waals surface area (Å²) in [6.45, 7) is 6.15. The lowest BCUT2D eigenvalue weighted by Gasteiger charge is -2.21. The summed E-state index contributed by atoms with van der Waals surface area (Å²) in [5.74, 6) is -0.364. The first-order valence-corrected chi connectivity index (χ1v) is 7.51. The van der Waals surface area contributed by atoms with E-state index in [1.54, 1.807) is 36.5 Å². The van der Waals surface area contributed by atoms with E-state index in [0.717, 1.165) is 5.69 Å². The van der Waals surface area contributed by atoms with Crippen molar-refractivity contribution in [1.82, 2.24) is 4.98 Å². The van der Waals surface area contributed by atoms with E-state index in [1.807, 2.05) is 20.8 Å². The van der Waals surface area contributed by atoms with Gasteiger partial charge in [-0.05, 0) is 45.0 Å². The van der Waals surface area contributed by atoms with Crippen molar-refractivity contribution < 1.29 is 4.79 Å². The number of rotatable bonds is 3. The van der Waals surface area contributed by atoms with E-state index in [9.17, 15) is 4.79 Å². The first-order valence-electron chi connectivity index (χ1n) is 6.76. The maximum Gasteiger partial charge on any atom is 0.274 e. The molecule has 1 aromatic heterocycles. The molecule has 0 aliphatic heterocycles. The highest BCUT2D eigenvalue weighted by Gasteiger charge is 2.14. The number of carbonyl (C=O) groups is 1. The van der Waals surface area contributed by atoms with Crippen LogP contribution in [0.15, 0.2) is 36.5 Å². The van der Waals surface area contributed by atoms with Gasteiger partial charge in [0.15, 0.2) is 0 Å². The minimum absolute atomic E-state index is 0.0729. The van der Waals surface area contributed by atoms with Crippen LogP contribution in [0.4, 0.5) is 11.4 Å². The highest BCUT2D eigenvalue weighted by atomic mass is 35.5. The lowest BCUT2D eigenvalue weighted by Crippen LogP contribution is -2.26. The van der Waals surface area contributed by atoms with E-state index in [0.29, 0.717) is 15.7 Å². The Morgan fingerprint density at radius 3 is 2.23 bits per heavy atom. The highest BCUT2D eigenvalue weighted by Crippen LogP contribution is 2.30. The molecule has 6 heteroatoms. The van der Waals surface area contributed by atoms with Gasteiger partial charge < -0.3 is 10.6 Å². The number of pyridine rings is 1. The molecule has 22 heavy (non-hydrogen) atoms. The molecule has 1 aromatic carbocycles. The summed E-state index contributed by atoms with van der Waals surface area (Å²) in [6, 6.07) is 8.49. The average Bonchev–Trinajstić information content (AvgIpc) is 2.42. The number of amides is 1. The van der Waals surface area contributed by atoms with Crippen LogP contribution in [0.25, 0.3) is 0 Å². The monoisotopic (exact) mass is 337 g/mol. The van der Waals surface area contributed by atoms with Crippen molar-refractivity contribution >= 4 is 40.5 Å². The van der Waals surface area contributed by atoms with Crippen LogP contribution >= 0.6 is 23.2 Å². The van der Waals surface area contributed by atoms with E-state index in [2.05, 4.69) is 15.6 Å². The minimum Gasteiger partial charge on any atom is -0.379 e. The van der Waals surface area contributed by atoms with Crippen molar-refractivity contribution in [2.45, 2.75) is 26.3 Å². The topological polar surface area (TPSA) is 54.0 Å². The zero-order valence-electron chi connectivity index (χ0n) is 12.6. The van der Waals surface area contributed by atoms with Crippen LogP contribution in [0, 0.1) is 0 Å². The third-order valence-corrected chi connectivity index (χ3v) is 3.35. The molecule has 0 radical (unpaired) electrons. The maximum atomic E-state index is 12.2. The van der Waals surface area contributed by atoms with E-state index < -0.39 is 0 Å². The van der Waals surface area contributed by atoms with Gasteiger partial charge in [0.2, 0.25) is 0 Å². The van der Waals surface area contributed by atoms with Gasteiger partial charge in [-0.25, -0.2) is 4.98 Å². The summed E-state index contributed by atoms with van der Waals surface area (Å²) in [6.07, 6.45) is 1.62. The van der Waals surface area contributed by atoms with Gasteiger partial charge in [-0.15, -0.1) is 0 Å². The lowest BCUT2D eigenvalue weighted by molar-refractivity contribution is 0.102. The Bertz CT molecular complexity index is 659. The number of nitrogens with zero attached hydrogens (tertiary/aromatic N) is 1. The van der Waals surface area contributed by atoms with Crippen LogP contribution in [0.3, 0.4) is 0 Å². The van der Waals surface area contributed by atoms with Crippen LogP contribution in [0.5, 0.6) is 0 Å².